The normalized spacial score (nSPS) is 12.0. The van der Waals surface area contributed by atoms with Gasteiger partial charge in [-0.3, -0.25) is 0 Å². The van der Waals surface area contributed by atoms with E-state index in [0.29, 0.717) is 0 Å². The van der Waals surface area contributed by atoms with Gasteiger partial charge in [-0.15, -0.1) is 0 Å². The Morgan fingerprint density at radius 2 is 1.22 bits per heavy atom. The Morgan fingerprint density at radius 1 is 0.826 bits per heavy atom. The van der Waals surface area contributed by atoms with Gasteiger partial charge in [-0.05, 0) is 24.3 Å². The average Bonchev–Trinajstić information content (AvgIpc) is 2.42. The third-order valence-electron chi connectivity index (χ3n) is 2.52. The van der Waals surface area contributed by atoms with Crippen molar-refractivity contribution in [2.45, 2.75) is 6.18 Å². The topological polar surface area (TPSA) is 35.5 Å². The molecule has 3 nitrogen and oxygen atoms in total. The highest BCUT2D eigenvalue weighted by atomic mass is 31.2. The molecule has 0 atom stereocenters. The zero-order chi connectivity index (χ0) is 17.1. The monoisotopic (exact) mass is 352 g/mol. The molecule has 0 aliphatic rings. The van der Waals surface area contributed by atoms with Gasteiger partial charge in [0, 0.05) is 0 Å². The minimum Gasteiger partial charge on any atom is -0.413 e. The lowest BCUT2D eigenvalue weighted by Gasteiger charge is -2.21. The van der Waals surface area contributed by atoms with Crippen molar-refractivity contribution in [3.8, 4) is 11.5 Å². The molecule has 9 heteroatoms. The first-order valence-corrected chi connectivity index (χ1v) is 7.95. The first-order chi connectivity index (χ1) is 10.7. The zero-order valence-electron chi connectivity index (χ0n) is 11.4. The number of hydrogen-bond acceptors (Lipinski definition) is 3. The van der Waals surface area contributed by atoms with Gasteiger partial charge in [0.15, 0.2) is 29.3 Å². The molecule has 0 radical (unpaired) electrons. The van der Waals surface area contributed by atoms with E-state index < -0.39 is 43.1 Å². The summed E-state index contributed by atoms with van der Waals surface area (Å²) in [5.74, 6) is -3.41. The first kappa shape index (κ1) is 17.3. The smallest absolute Gasteiger partial charge is 0.413 e. The highest BCUT2D eigenvalue weighted by Crippen LogP contribution is 2.52. The van der Waals surface area contributed by atoms with Crippen LogP contribution in [0.25, 0.3) is 0 Å². The van der Waals surface area contributed by atoms with Crippen LogP contribution in [0.5, 0.6) is 11.5 Å². The van der Waals surface area contributed by atoms with Crippen molar-refractivity contribution in [1.82, 2.24) is 0 Å². The fourth-order valence-corrected chi connectivity index (χ4v) is 3.14. The molecule has 0 aliphatic heterocycles. The van der Waals surface area contributed by atoms with E-state index in [1.807, 2.05) is 0 Å². The summed E-state index contributed by atoms with van der Waals surface area (Å²) in [5.41, 5.74) is 0. The van der Waals surface area contributed by atoms with Crippen molar-refractivity contribution < 1.29 is 35.6 Å². The summed E-state index contributed by atoms with van der Waals surface area (Å²) in [6.07, 6.45) is -6.92. The minimum absolute atomic E-state index is 0.684. The van der Waals surface area contributed by atoms with Crippen LogP contribution in [0.15, 0.2) is 48.5 Å². The lowest BCUT2D eigenvalue weighted by Crippen LogP contribution is -2.20. The number of alkyl halides is 3. The van der Waals surface area contributed by atoms with E-state index in [2.05, 4.69) is 9.05 Å². The molecule has 0 N–H and O–H groups in total. The maximum absolute atomic E-state index is 13.5. The SMILES string of the molecule is O=P(CC(F)(F)F)(Oc1ccccc1F)Oc1ccccc1F. The summed E-state index contributed by atoms with van der Waals surface area (Å²) < 4.78 is 86.6. The third kappa shape index (κ3) is 4.96. The van der Waals surface area contributed by atoms with Crippen LogP contribution >= 0.6 is 7.60 Å². The van der Waals surface area contributed by atoms with E-state index in [-0.39, 0.29) is 0 Å². The maximum Gasteiger partial charge on any atom is 0.440 e. The van der Waals surface area contributed by atoms with E-state index in [4.69, 9.17) is 0 Å². The van der Waals surface area contributed by atoms with Crippen LogP contribution < -0.4 is 9.05 Å². The molecule has 2 aromatic rings. The standard InChI is InChI=1S/C14H10F5O3P/c15-10-5-1-3-7-12(10)21-23(20,9-14(17,18)19)22-13-8-4-2-6-11(13)16/h1-8H,9H2. The highest BCUT2D eigenvalue weighted by molar-refractivity contribution is 7.54. The van der Waals surface area contributed by atoms with Crippen LogP contribution in [-0.4, -0.2) is 12.3 Å². The van der Waals surface area contributed by atoms with Gasteiger partial charge in [-0.1, -0.05) is 24.3 Å². The summed E-state index contributed by atoms with van der Waals surface area (Å²) in [7, 11) is -4.94. The molecule has 2 aromatic carbocycles. The van der Waals surface area contributed by atoms with Gasteiger partial charge in [-0.25, -0.2) is 13.3 Å². The van der Waals surface area contributed by atoms with E-state index in [1.54, 1.807) is 0 Å². The van der Waals surface area contributed by atoms with Crippen LogP contribution in [0.3, 0.4) is 0 Å². The zero-order valence-corrected chi connectivity index (χ0v) is 12.3. The van der Waals surface area contributed by atoms with Gasteiger partial charge in [0.25, 0.3) is 0 Å². The van der Waals surface area contributed by atoms with Gasteiger partial charge >= 0.3 is 13.8 Å². The Balaban J connectivity index is 2.35. The van der Waals surface area contributed by atoms with Crippen LogP contribution in [0.2, 0.25) is 0 Å². The molecule has 0 heterocycles. The number of rotatable bonds is 5. The van der Waals surface area contributed by atoms with E-state index >= 15 is 0 Å². The quantitative estimate of drug-likeness (QED) is 0.550. The Kier molecular flexibility index (Phi) is 4.94. The van der Waals surface area contributed by atoms with Gasteiger partial charge in [0.2, 0.25) is 0 Å². The molecule has 0 saturated heterocycles. The van der Waals surface area contributed by atoms with Crippen LogP contribution in [0, 0.1) is 11.6 Å². The molecule has 0 saturated carbocycles. The van der Waals surface area contributed by atoms with Gasteiger partial charge in [-0.2, -0.15) is 13.2 Å². The Bertz CT molecular complexity index is 681. The Morgan fingerprint density at radius 3 is 1.57 bits per heavy atom. The number of benzene rings is 2. The molecular formula is C14H10F5O3P. The maximum atomic E-state index is 13.5. The van der Waals surface area contributed by atoms with E-state index in [1.165, 1.54) is 24.3 Å². The van der Waals surface area contributed by atoms with Crippen LogP contribution in [0.4, 0.5) is 22.0 Å². The predicted molar refractivity (Wildman–Crippen MR) is 72.6 cm³/mol. The van der Waals surface area contributed by atoms with Gasteiger partial charge < -0.3 is 9.05 Å². The summed E-state index contributed by atoms with van der Waals surface area (Å²) in [6.45, 7) is 0. The van der Waals surface area contributed by atoms with Gasteiger partial charge in [0.1, 0.15) is 0 Å². The van der Waals surface area contributed by atoms with Crippen molar-refractivity contribution in [3.05, 3.63) is 60.2 Å². The van der Waals surface area contributed by atoms with Crippen molar-refractivity contribution in [2.24, 2.45) is 0 Å². The largest absolute Gasteiger partial charge is 0.440 e. The van der Waals surface area contributed by atoms with E-state index in [9.17, 15) is 26.5 Å². The molecule has 0 fully saturated rings. The fourth-order valence-electron chi connectivity index (χ4n) is 1.64. The first-order valence-electron chi connectivity index (χ1n) is 6.23. The van der Waals surface area contributed by atoms with Crippen LogP contribution in [0.1, 0.15) is 0 Å². The van der Waals surface area contributed by atoms with Crippen molar-refractivity contribution in [3.63, 3.8) is 0 Å². The second-order valence-corrected chi connectivity index (χ2v) is 6.33. The lowest BCUT2D eigenvalue weighted by molar-refractivity contribution is -0.108. The number of hydrogen-bond donors (Lipinski definition) is 0. The number of halogens is 5. The Hall–Kier alpha value is -2.08. The minimum atomic E-state index is -4.94. The fraction of sp³-hybridized carbons (Fsp3) is 0.143. The number of para-hydroxylation sites is 2. The predicted octanol–water partition coefficient (Wildman–Crippen LogP) is 5.18. The molecule has 2 rings (SSSR count). The second kappa shape index (κ2) is 6.58. The molecule has 0 aliphatic carbocycles. The summed E-state index contributed by atoms with van der Waals surface area (Å²) in [5, 5.41) is 0. The lowest BCUT2D eigenvalue weighted by atomic mass is 10.3. The average molecular weight is 352 g/mol. The van der Waals surface area contributed by atoms with E-state index in [0.717, 1.165) is 24.3 Å². The summed E-state index contributed by atoms with van der Waals surface area (Å²) >= 11 is 0. The molecular weight excluding hydrogens is 342 g/mol. The molecule has 0 unspecified atom stereocenters. The highest BCUT2D eigenvalue weighted by Gasteiger charge is 2.44. The third-order valence-corrected chi connectivity index (χ3v) is 4.22. The summed E-state index contributed by atoms with van der Waals surface area (Å²) in [4.78, 5) is 0. The summed E-state index contributed by atoms with van der Waals surface area (Å²) in [6, 6.07) is 8.90. The van der Waals surface area contributed by atoms with Crippen molar-refractivity contribution in [1.29, 1.82) is 0 Å². The molecule has 0 aromatic heterocycles. The molecule has 0 spiro atoms. The van der Waals surface area contributed by atoms with Crippen molar-refractivity contribution >= 4 is 7.60 Å². The molecule has 0 amide bonds. The Labute approximate surface area is 128 Å². The van der Waals surface area contributed by atoms with Crippen LogP contribution in [-0.2, 0) is 4.57 Å². The molecule has 0 bridgehead atoms. The van der Waals surface area contributed by atoms with Crippen molar-refractivity contribution in [2.75, 3.05) is 6.16 Å². The second-order valence-electron chi connectivity index (χ2n) is 4.43. The molecule has 124 valence electrons. The van der Waals surface area contributed by atoms with Gasteiger partial charge in [0.05, 0.1) is 0 Å². The molecule has 23 heavy (non-hydrogen) atoms.